The molecule has 5 N–H and O–H groups in total. The summed E-state index contributed by atoms with van der Waals surface area (Å²) >= 11 is 0. The number of rotatable bonds is 9. The van der Waals surface area contributed by atoms with Crippen LogP contribution < -0.4 is 26.6 Å². The quantitative estimate of drug-likeness (QED) is 0.267. The summed E-state index contributed by atoms with van der Waals surface area (Å²) in [6.45, 7) is 1.40. The molecule has 9 heteroatoms. The maximum absolute atomic E-state index is 11.5. The van der Waals surface area contributed by atoms with Gasteiger partial charge in [0.2, 0.25) is 11.7 Å². The summed E-state index contributed by atoms with van der Waals surface area (Å²) in [5.41, 5.74) is 2.41. The zero-order valence-electron chi connectivity index (χ0n) is 11.6. The van der Waals surface area contributed by atoms with Gasteiger partial charge in [0, 0.05) is 26.6 Å². The number of methoxy groups -OCH3 is 2. The Labute approximate surface area is 117 Å². The van der Waals surface area contributed by atoms with Crippen LogP contribution in [-0.2, 0) is 9.53 Å². The second kappa shape index (κ2) is 8.88. The molecule has 1 amide bonds. The van der Waals surface area contributed by atoms with Crippen LogP contribution in [0, 0.1) is 0 Å². The van der Waals surface area contributed by atoms with Crippen molar-refractivity contribution in [2.45, 2.75) is 6.42 Å². The standard InChI is InChI=1S/C11H20N6O3/c1-19-6-5-13-8(18)3-4-14-10-9(20-2)11(17-12)16-7-15-10/h7H,3-6,12H2,1-2H3,(H,13,18)(H2,14,15,16,17). The molecule has 0 aromatic carbocycles. The third-order valence-electron chi connectivity index (χ3n) is 2.42. The van der Waals surface area contributed by atoms with Gasteiger partial charge in [0.25, 0.3) is 0 Å². The molecule has 0 aliphatic heterocycles. The minimum absolute atomic E-state index is 0.0697. The summed E-state index contributed by atoms with van der Waals surface area (Å²) in [6, 6.07) is 0. The van der Waals surface area contributed by atoms with Crippen LogP contribution in [-0.4, -0.2) is 49.8 Å². The number of nitrogens with two attached hydrogens (primary N) is 1. The highest BCUT2D eigenvalue weighted by Gasteiger charge is 2.11. The summed E-state index contributed by atoms with van der Waals surface area (Å²) in [5, 5.41) is 5.72. The smallest absolute Gasteiger partial charge is 0.221 e. The van der Waals surface area contributed by atoms with E-state index in [1.807, 2.05) is 0 Å². The van der Waals surface area contributed by atoms with E-state index < -0.39 is 0 Å². The second-order valence-corrected chi connectivity index (χ2v) is 3.77. The van der Waals surface area contributed by atoms with Crippen molar-refractivity contribution in [1.82, 2.24) is 15.3 Å². The molecule has 0 bridgehead atoms. The Bertz CT molecular complexity index is 429. The van der Waals surface area contributed by atoms with Crippen molar-refractivity contribution in [1.29, 1.82) is 0 Å². The number of aromatic nitrogens is 2. The summed E-state index contributed by atoms with van der Waals surface area (Å²) in [6.07, 6.45) is 1.65. The maximum atomic E-state index is 11.5. The molecule has 0 aliphatic rings. The molecule has 9 nitrogen and oxygen atoms in total. The molecule has 112 valence electrons. The molecule has 0 fully saturated rings. The van der Waals surface area contributed by atoms with E-state index in [1.54, 1.807) is 7.11 Å². The topological polar surface area (TPSA) is 123 Å². The zero-order valence-corrected chi connectivity index (χ0v) is 11.6. The van der Waals surface area contributed by atoms with Crippen molar-refractivity contribution in [3.05, 3.63) is 6.33 Å². The van der Waals surface area contributed by atoms with Crippen LogP contribution >= 0.6 is 0 Å². The molecule has 0 atom stereocenters. The number of hydrogen-bond acceptors (Lipinski definition) is 8. The van der Waals surface area contributed by atoms with Crippen molar-refractivity contribution in [2.24, 2.45) is 5.84 Å². The second-order valence-electron chi connectivity index (χ2n) is 3.77. The van der Waals surface area contributed by atoms with Crippen LogP contribution in [0.25, 0.3) is 0 Å². The molecule has 0 saturated carbocycles. The fraction of sp³-hybridized carbons (Fsp3) is 0.545. The fourth-order valence-electron chi connectivity index (χ4n) is 1.47. The summed E-state index contributed by atoms with van der Waals surface area (Å²) in [7, 11) is 3.07. The molecule has 0 spiro atoms. The van der Waals surface area contributed by atoms with Gasteiger partial charge in [0.1, 0.15) is 6.33 Å². The number of hydrazine groups is 1. The minimum atomic E-state index is -0.0697. The van der Waals surface area contributed by atoms with Crippen LogP contribution in [0.4, 0.5) is 11.6 Å². The lowest BCUT2D eigenvalue weighted by Crippen LogP contribution is -2.28. The third-order valence-corrected chi connectivity index (χ3v) is 2.42. The number of nitrogens with one attached hydrogen (secondary N) is 3. The van der Waals surface area contributed by atoms with Crippen molar-refractivity contribution in [3.8, 4) is 5.75 Å². The number of carbonyl (C=O) groups is 1. The lowest BCUT2D eigenvalue weighted by molar-refractivity contribution is -0.121. The van der Waals surface area contributed by atoms with Gasteiger partial charge in [-0.25, -0.2) is 15.8 Å². The molecule has 1 aromatic heterocycles. The SMILES string of the molecule is COCCNC(=O)CCNc1ncnc(NN)c1OC. The van der Waals surface area contributed by atoms with Crippen molar-refractivity contribution in [2.75, 3.05) is 44.7 Å². The van der Waals surface area contributed by atoms with Gasteiger partial charge in [0.15, 0.2) is 11.6 Å². The number of carbonyl (C=O) groups excluding carboxylic acids is 1. The van der Waals surface area contributed by atoms with E-state index >= 15 is 0 Å². The number of amides is 1. The number of hydrogen-bond donors (Lipinski definition) is 4. The summed E-state index contributed by atoms with van der Waals surface area (Å²) < 4.78 is 10.00. The van der Waals surface area contributed by atoms with Crippen LogP contribution in [0.5, 0.6) is 5.75 Å². The lowest BCUT2D eigenvalue weighted by Gasteiger charge is -2.12. The van der Waals surface area contributed by atoms with E-state index in [4.69, 9.17) is 15.3 Å². The minimum Gasteiger partial charge on any atom is -0.490 e. The first kappa shape index (κ1) is 15.9. The molecular weight excluding hydrogens is 264 g/mol. The number of nitrogen functional groups attached to an aromatic ring is 1. The average molecular weight is 284 g/mol. The Hall–Kier alpha value is -2.13. The van der Waals surface area contributed by atoms with E-state index in [2.05, 4.69) is 26.0 Å². The molecule has 20 heavy (non-hydrogen) atoms. The highest BCUT2D eigenvalue weighted by molar-refractivity contribution is 5.76. The molecule has 0 aliphatic carbocycles. The predicted octanol–water partition coefficient (Wildman–Crippen LogP) is -0.665. The number of nitrogens with zero attached hydrogens (tertiary/aromatic N) is 2. The molecule has 1 aromatic rings. The molecule has 0 saturated heterocycles. The third kappa shape index (κ3) is 4.86. The van der Waals surface area contributed by atoms with Crippen molar-refractivity contribution < 1.29 is 14.3 Å². The maximum Gasteiger partial charge on any atom is 0.221 e. The molecular formula is C11H20N6O3. The highest BCUT2D eigenvalue weighted by atomic mass is 16.5. The van der Waals surface area contributed by atoms with Gasteiger partial charge in [-0.15, -0.1) is 0 Å². The Kier molecular flexibility index (Phi) is 7.07. The van der Waals surface area contributed by atoms with Crippen LogP contribution in [0.3, 0.4) is 0 Å². The van der Waals surface area contributed by atoms with Gasteiger partial charge >= 0.3 is 0 Å². The van der Waals surface area contributed by atoms with Gasteiger partial charge in [-0.05, 0) is 0 Å². The number of ether oxygens (including phenoxy) is 2. The van der Waals surface area contributed by atoms with Gasteiger partial charge in [-0.2, -0.15) is 0 Å². The van der Waals surface area contributed by atoms with E-state index in [0.717, 1.165) is 0 Å². The Balaban J connectivity index is 2.44. The van der Waals surface area contributed by atoms with E-state index in [1.165, 1.54) is 13.4 Å². The fourth-order valence-corrected chi connectivity index (χ4v) is 1.47. The normalized spacial score (nSPS) is 9.95. The predicted molar refractivity (Wildman–Crippen MR) is 74.4 cm³/mol. The molecule has 0 unspecified atom stereocenters. The Morgan fingerprint density at radius 2 is 2.05 bits per heavy atom. The van der Waals surface area contributed by atoms with Gasteiger partial charge in [-0.1, -0.05) is 0 Å². The first-order chi connectivity index (χ1) is 9.72. The van der Waals surface area contributed by atoms with Gasteiger partial charge in [0.05, 0.1) is 13.7 Å². The van der Waals surface area contributed by atoms with E-state index in [9.17, 15) is 4.79 Å². The molecule has 1 heterocycles. The summed E-state index contributed by atoms with van der Waals surface area (Å²) in [5.74, 6) is 6.49. The van der Waals surface area contributed by atoms with Gasteiger partial charge < -0.3 is 25.5 Å². The average Bonchev–Trinajstić information content (AvgIpc) is 2.47. The van der Waals surface area contributed by atoms with E-state index in [-0.39, 0.29) is 5.91 Å². The number of anilines is 2. The van der Waals surface area contributed by atoms with Gasteiger partial charge in [-0.3, -0.25) is 4.79 Å². The van der Waals surface area contributed by atoms with Crippen molar-refractivity contribution in [3.63, 3.8) is 0 Å². The lowest BCUT2D eigenvalue weighted by atomic mass is 10.3. The molecule has 1 rings (SSSR count). The van der Waals surface area contributed by atoms with Crippen molar-refractivity contribution >= 4 is 17.5 Å². The first-order valence-corrected chi connectivity index (χ1v) is 6.08. The van der Waals surface area contributed by atoms with Crippen LogP contribution in [0.1, 0.15) is 6.42 Å². The largest absolute Gasteiger partial charge is 0.490 e. The monoisotopic (exact) mass is 284 g/mol. The summed E-state index contributed by atoms with van der Waals surface area (Å²) in [4.78, 5) is 19.4. The Morgan fingerprint density at radius 3 is 2.70 bits per heavy atom. The van der Waals surface area contributed by atoms with Crippen LogP contribution in [0.2, 0.25) is 0 Å². The van der Waals surface area contributed by atoms with E-state index in [0.29, 0.717) is 43.5 Å². The molecule has 0 radical (unpaired) electrons. The van der Waals surface area contributed by atoms with Crippen LogP contribution in [0.15, 0.2) is 6.33 Å². The Morgan fingerprint density at radius 1 is 1.30 bits per heavy atom. The zero-order chi connectivity index (χ0) is 14.8. The highest BCUT2D eigenvalue weighted by Crippen LogP contribution is 2.27. The first-order valence-electron chi connectivity index (χ1n) is 6.08.